The average molecular weight is 305 g/mol. The number of nitrogens with zero attached hydrogens (tertiary/aromatic N) is 1. The van der Waals surface area contributed by atoms with Crippen LogP contribution < -0.4 is 4.74 Å². The van der Waals surface area contributed by atoms with E-state index in [1.807, 2.05) is 17.2 Å². The van der Waals surface area contributed by atoms with Crippen LogP contribution in [-0.4, -0.2) is 28.4 Å². The molecule has 1 aliphatic rings. The summed E-state index contributed by atoms with van der Waals surface area (Å²) in [4.78, 5) is 17.5. The number of rotatable bonds is 3. The first kappa shape index (κ1) is 14.0. The molecule has 1 atom stereocenters. The highest BCUT2D eigenvalue weighted by molar-refractivity contribution is 6.30. The Bertz CT molecular complexity index is 636. The van der Waals surface area contributed by atoms with Gasteiger partial charge < -0.3 is 14.6 Å². The molecule has 110 valence electrons. The number of carbonyl (C=O) groups excluding carboxylic acids is 1. The van der Waals surface area contributed by atoms with E-state index in [1.165, 1.54) is 11.3 Å². The van der Waals surface area contributed by atoms with E-state index in [-0.39, 0.29) is 5.91 Å². The van der Waals surface area contributed by atoms with Crippen molar-refractivity contribution in [3.8, 4) is 5.75 Å². The van der Waals surface area contributed by atoms with Crippen LogP contribution in [0.25, 0.3) is 0 Å². The van der Waals surface area contributed by atoms with Gasteiger partial charge in [-0.3, -0.25) is 4.79 Å². The predicted molar refractivity (Wildman–Crippen MR) is 81.5 cm³/mol. The largest absolute Gasteiger partial charge is 0.481 e. The summed E-state index contributed by atoms with van der Waals surface area (Å²) in [6.07, 6.45) is 2.28. The molecule has 21 heavy (non-hydrogen) atoms. The van der Waals surface area contributed by atoms with Crippen molar-refractivity contribution in [2.75, 3.05) is 6.54 Å². The Morgan fingerprint density at radius 2 is 2.10 bits per heavy atom. The van der Waals surface area contributed by atoms with E-state index >= 15 is 0 Å². The maximum Gasteiger partial charge on any atom is 0.263 e. The number of aromatic nitrogens is 1. The van der Waals surface area contributed by atoms with Gasteiger partial charge in [-0.2, -0.15) is 0 Å². The van der Waals surface area contributed by atoms with Gasteiger partial charge in [0.25, 0.3) is 5.91 Å². The van der Waals surface area contributed by atoms with Gasteiger partial charge in [-0.05, 0) is 42.8 Å². The zero-order valence-electron chi connectivity index (χ0n) is 11.8. The van der Waals surface area contributed by atoms with E-state index in [4.69, 9.17) is 16.3 Å². The van der Waals surface area contributed by atoms with E-state index < -0.39 is 6.10 Å². The fraction of sp³-hybridized carbons (Fsp3) is 0.312. The second-order valence-corrected chi connectivity index (χ2v) is 5.64. The van der Waals surface area contributed by atoms with Gasteiger partial charge in [-0.1, -0.05) is 11.6 Å². The molecule has 2 heterocycles. The van der Waals surface area contributed by atoms with Crippen molar-refractivity contribution in [1.82, 2.24) is 9.88 Å². The quantitative estimate of drug-likeness (QED) is 0.947. The SMILES string of the molecule is CC(Oc1ccc(Cl)cc1)C(=O)N1CCc2[nH]ccc2C1. The number of halogens is 1. The molecule has 4 nitrogen and oxygen atoms in total. The lowest BCUT2D eigenvalue weighted by atomic mass is 10.1. The Morgan fingerprint density at radius 3 is 2.86 bits per heavy atom. The molecule has 0 aliphatic carbocycles. The van der Waals surface area contributed by atoms with Crippen molar-refractivity contribution < 1.29 is 9.53 Å². The number of H-pyrrole nitrogens is 1. The number of amides is 1. The minimum atomic E-state index is -0.508. The van der Waals surface area contributed by atoms with Crippen LogP contribution in [0, 0.1) is 0 Å². The zero-order valence-corrected chi connectivity index (χ0v) is 12.6. The highest BCUT2D eigenvalue weighted by Gasteiger charge is 2.26. The molecule has 0 saturated heterocycles. The van der Waals surface area contributed by atoms with Crippen LogP contribution in [0.4, 0.5) is 0 Å². The molecule has 0 saturated carbocycles. The standard InChI is InChI=1S/C16H17ClN2O2/c1-11(21-14-4-2-13(17)3-5-14)16(20)19-9-7-15-12(10-19)6-8-18-15/h2-6,8,11,18H,7,9-10H2,1H3. The van der Waals surface area contributed by atoms with Crippen molar-refractivity contribution in [1.29, 1.82) is 0 Å². The Hall–Kier alpha value is -1.94. The first-order chi connectivity index (χ1) is 10.1. The molecule has 1 aliphatic heterocycles. The second kappa shape index (κ2) is 5.82. The molecule has 0 spiro atoms. The Balaban J connectivity index is 1.64. The van der Waals surface area contributed by atoms with Crippen LogP contribution in [0.1, 0.15) is 18.2 Å². The van der Waals surface area contributed by atoms with Crippen molar-refractivity contribution in [2.24, 2.45) is 0 Å². The van der Waals surface area contributed by atoms with E-state index in [0.717, 1.165) is 13.0 Å². The fourth-order valence-corrected chi connectivity index (χ4v) is 2.69. The molecule has 0 bridgehead atoms. The predicted octanol–water partition coefficient (Wildman–Crippen LogP) is 3.02. The van der Waals surface area contributed by atoms with Crippen LogP contribution in [-0.2, 0) is 17.8 Å². The maximum atomic E-state index is 12.5. The maximum absolute atomic E-state index is 12.5. The number of ether oxygens (including phenoxy) is 1. The fourth-order valence-electron chi connectivity index (χ4n) is 2.56. The summed E-state index contributed by atoms with van der Waals surface area (Å²) in [5.41, 5.74) is 2.42. The third-order valence-electron chi connectivity index (χ3n) is 3.71. The summed E-state index contributed by atoms with van der Waals surface area (Å²) in [6, 6.07) is 9.07. The molecule has 3 rings (SSSR count). The summed E-state index contributed by atoms with van der Waals surface area (Å²) >= 11 is 5.84. The number of hydrogen-bond acceptors (Lipinski definition) is 2. The van der Waals surface area contributed by atoms with Crippen LogP contribution >= 0.6 is 11.6 Å². The minimum absolute atomic E-state index is 0.0109. The van der Waals surface area contributed by atoms with Gasteiger partial charge in [-0.25, -0.2) is 0 Å². The molecule has 1 unspecified atom stereocenters. The summed E-state index contributed by atoms with van der Waals surface area (Å²) in [5.74, 6) is 0.663. The van der Waals surface area contributed by atoms with Crippen LogP contribution in [0.2, 0.25) is 5.02 Å². The van der Waals surface area contributed by atoms with Crippen molar-refractivity contribution in [2.45, 2.75) is 26.0 Å². The highest BCUT2D eigenvalue weighted by Crippen LogP contribution is 2.20. The van der Waals surface area contributed by atoms with E-state index in [2.05, 4.69) is 4.98 Å². The Labute approximate surface area is 128 Å². The minimum Gasteiger partial charge on any atom is -0.481 e. The topological polar surface area (TPSA) is 45.3 Å². The van der Waals surface area contributed by atoms with Gasteiger partial charge in [0.15, 0.2) is 6.10 Å². The van der Waals surface area contributed by atoms with Gasteiger partial charge in [0.05, 0.1) is 0 Å². The first-order valence-electron chi connectivity index (χ1n) is 6.99. The second-order valence-electron chi connectivity index (χ2n) is 5.21. The van der Waals surface area contributed by atoms with Gasteiger partial charge in [0.2, 0.25) is 0 Å². The van der Waals surface area contributed by atoms with Crippen molar-refractivity contribution >= 4 is 17.5 Å². The molecule has 2 aromatic rings. The van der Waals surface area contributed by atoms with Crippen LogP contribution in [0.15, 0.2) is 36.5 Å². The summed E-state index contributed by atoms with van der Waals surface area (Å²) in [6.45, 7) is 3.15. The number of aromatic amines is 1. The normalized spacial score (nSPS) is 15.4. The molecule has 0 radical (unpaired) electrons. The number of nitrogens with one attached hydrogen (secondary N) is 1. The lowest BCUT2D eigenvalue weighted by Gasteiger charge is -2.29. The highest BCUT2D eigenvalue weighted by atomic mass is 35.5. The number of fused-ring (bicyclic) bond motifs is 1. The van der Waals surface area contributed by atoms with Crippen molar-refractivity contribution in [3.63, 3.8) is 0 Å². The number of hydrogen-bond donors (Lipinski definition) is 1. The molecule has 5 heteroatoms. The summed E-state index contributed by atoms with van der Waals surface area (Å²) in [7, 11) is 0. The first-order valence-corrected chi connectivity index (χ1v) is 7.37. The molecule has 1 N–H and O–H groups in total. The zero-order chi connectivity index (χ0) is 14.8. The van der Waals surface area contributed by atoms with Gasteiger partial charge in [0.1, 0.15) is 5.75 Å². The van der Waals surface area contributed by atoms with Gasteiger partial charge in [-0.15, -0.1) is 0 Å². The smallest absolute Gasteiger partial charge is 0.263 e. The molecule has 1 aromatic heterocycles. The van der Waals surface area contributed by atoms with E-state index in [1.54, 1.807) is 31.2 Å². The number of benzene rings is 1. The van der Waals surface area contributed by atoms with E-state index in [9.17, 15) is 4.79 Å². The van der Waals surface area contributed by atoms with Gasteiger partial charge in [0, 0.05) is 36.4 Å². The molecule has 1 amide bonds. The third kappa shape index (κ3) is 3.05. The average Bonchev–Trinajstić information content (AvgIpc) is 2.96. The lowest BCUT2D eigenvalue weighted by molar-refractivity contribution is -0.138. The Morgan fingerprint density at radius 1 is 1.33 bits per heavy atom. The summed E-state index contributed by atoms with van der Waals surface area (Å²) < 4.78 is 5.70. The van der Waals surface area contributed by atoms with Crippen LogP contribution in [0.3, 0.4) is 0 Å². The van der Waals surface area contributed by atoms with Crippen LogP contribution in [0.5, 0.6) is 5.75 Å². The molecule has 0 fully saturated rings. The third-order valence-corrected chi connectivity index (χ3v) is 3.96. The summed E-state index contributed by atoms with van der Waals surface area (Å²) in [5, 5.41) is 0.650. The number of carbonyl (C=O) groups is 1. The lowest BCUT2D eigenvalue weighted by Crippen LogP contribution is -2.43. The monoisotopic (exact) mass is 304 g/mol. The Kier molecular flexibility index (Phi) is 3.88. The molecule has 1 aromatic carbocycles. The molecular weight excluding hydrogens is 288 g/mol. The van der Waals surface area contributed by atoms with Gasteiger partial charge >= 0.3 is 0 Å². The molecular formula is C16H17ClN2O2. The van der Waals surface area contributed by atoms with Crippen molar-refractivity contribution in [3.05, 3.63) is 52.8 Å². The van der Waals surface area contributed by atoms with E-state index in [0.29, 0.717) is 17.3 Å².